The third kappa shape index (κ3) is 5.94. The van der Waals surface area contributed by atoms with Gasteiger partial charge in [-0.3, -0.25) is 0 Å². The lowest BCUT2D eigenvalue weighted by molar-refractivity contribution is 0.0697. The topological polar surface area (TPSA) is 121 Å². The average molecular weight is 582 g/mol. The van der Waals surface area contributed by atoms with E-state index in [9.17, 15) is 14.3 Å². The summed E-state index contributed by atoms with van der Waals surface area (Å²) in [5.74, 6) is -0.686. The SMILES string of the molecule is Cc1ccc(COc2cccc(-c3ccc(Cc4nc5ccc(C(=O)O)cc5n4Cc4nnn(C)n4)c(F)c3)n2)c(F)c1. The number of aromatic carboxylic acids is 1. The normalized spacial score (nSPS) is 11.3. The minimum atomic E-state index is -1.07. The molecule has 0 spiro atoms. The first kappa shape index (κ1) is 27.6. The van der Waals surface area contributed by atoms with Crippen molar-refractivity contribution in [2.75, 3.05) is 0 Å². The molecule has 3 aromatic heterocycles. The molecule has 10 nitrogen and oxygen atoms in total. The highest BCUT2D eigenvalue weighted by molar-refractivity contribution is 5.92. The molecule has 0 amide bonds. The highest BCUT2D eigenvalue weighted by atomic mass is 19.1. The molecule has 6 aromatic rings. The molecule has 0 radical (unpaired) electrons. The second-order valence-corrected chi connectivity index (χ2v) is 10.0. The van der Waals surface area contributed by atoms with E-state index in [1.807, 2.05) is 13.0 Å². The Bertz CT molecular complexity index is 1990. The minimum Gasteiger partial charge on any atom is -0.478 e. The van der Waals surface area contributed by atoms with Gasteiger partial charge in [-0.05, 0) is 59.7 Å². The van der Waals surface area contributed by atoms with Crippen LogP contribution >= 0.6 is 0 Å². The molecule has 0 saturated carbocycles. The van der Waals surface area contributed by atoms with Gasteiger partial charge in [0.2, 0.25) is 5.88 Å². The number of ether oxygens (including phenoxy) is 1. The molecule has 3 aromatic carbocycles. The van der Waals surface area contributed by atoms with Crippen molar-refractivity contribution in [1.82, 2.24) is 34.7 Å². The quantitative estimate of drug-likeness (QED) is 0.250. The Balaban J connectivity index is 1.26. The summed E-state index contributed by atoms with van der Waals surface area (Å²) < 4.78 is 37.2. The van der Waals surface area contributed by atoms with Crippen LogP contribution in [0.2, 0.25) is 0 Å². The van der Waals surface area contributed by atoms with E-state index in [1.165, 1.54) is 29.1 Å². The first-order valence-corrected chi connectivity index (χ1v) is 13.3. The average Bonchev–Trinajstić information content (AvgIpc) is 3.55. The first-order valence-electron chi connectivity index (χ1n) is 13.3. The fourth-order valence-corrected chi connectivity index (χ4v) is 4.74. The van der Waals surface area contributed by atoms with Gasteiger partial charge in [0.15, 0.2) is 5.82 Å². The number of rotatable bonds is 9. The number of fused-ring (bicyclic) bond motifs is 1. The molecule has 216 valence electrons. The van der Waals surface area contributed by atoms with Crippen molar-refractivity contribution in [3.63, 3.8) is 0 Å². The van der Waals surface area contributed by atoms with Crippen LogP contribution in [0, 0.1) is 18.6 Å². The number of carboxylic acids is 1. The van der Waals surface area contributed by atoms with Gasteiger partial charge in [-0.1, -0.05) is 30.3 Å². The van der Waals surface area contributed by atoms with Gasteiger partial charge in [-0.2, -0.15) is 4.80 Å². The van der Waals surface area contributed by atoms with E-state index < -0.39 is 11.8 Å². The van der Waals surface area contributed by atoms with E-state index >= 15 is 4.39 Å². The van der Waals surface area contributed by atoms with Gasteiger partial charge in [-0.25, -0.2) is 23.5 Å². The fraction of sp³-hybridized carbons (Fsp3) is 0.161. The van der Waals surface area contributed by atoms with Gasteiger partial charge in [0.05, 0.1) is 35.9 Å². The summed E-state index contributed by atoms with van der Waals surface area (Å²) in [6.45, 7) is 1.99. The zero-order valence-electron chi connectivity index (χ0n) is 23.2. The molecule has 1 N–H and O–H groups in total. The largest absolute Gasteiger partial charge is 0.478 e. The number of pyridine rings is 1. The number of tetrazole rings is 1. The van der Waals surface area contributed by atoms with Gasteiger partial charge in [0.25, 0.3) is 0 Å². The molecule has 0 saturated heterocycles. The van der Waals surface area contributed by atoms with E-state index in [0.29, 0.717) is 45.1 Å². The lowest BCUT2D eigenvalue weighted by Crippen LogP contribution is -2.09. The van der Waals surface area contributed by atoms with Gasteiger partial charge >= 0.3 is 5.97 Å². The first-order chi connectivity index (χ1) is 20.7. The second-order valence-electron chi connectivity index (χ2n) is 10.0. The summed E-state index contributed by atoms with van der Waals surface area (Å²) in [7, 11) is 1.64. The number of hydrogen-bond acceptors (Lipinski definition) is 7. The van der Waals surface area contributed by atoms with Crippen LogP contribution in [0.4, 0.5) is 8.78 Å². The van der Waals surface area contributed by atoms with Crippen LogP contribution in [0.1, 0.15) is 38.7 Å². The number of benzene rings is 3. The maximum absolute atomic E-state index is 15.5. The number of carboxylic acid groups (broad SMARTS) is 1. The number of carbonyl (C=O) groups is 1. The Hall–Kier alpha value is -5.52. The summed E-state index contributed by atoms with van der Waals surface area (Å²) in [5.41, 5.74) is 3.87. The van der Waals surface area contributed by atoms with Crippen molar-refractivity contribution in [3.05, 3.63) is 118 Å². The number of aromatic nitrogens is 7. The molecule has 0 atom stereocenters. The van der Waals surface area contributed by atoms with Crippen molar-refractivity contribution in [2.45, 2.75) is 26.5 Å². The number of imidazole rings is 1. The molecular formula is C31H25F2N7O3. The van der Waals surface area contributed by atoms with E-state index in [-0.39, 0.29) is 36.8 Å². The molecule has 6 rings (SSSR count). The molecule has 0 aliphatic carbocycles. The van der Waals surface area contributed by atoms with E-state index in [1.54, 1.807) is 54.1 Å². The maximum atomic E-state index is 15.5. The molecule has 0 unspecified atom stereocenters. The minimum absolute atomic E-state index is 0.00884. The van der Waals surface area contributed by atoms with E-state index in [0.717, 1.165) is 5.56 Å². The van der Waals surface area contributed by atoms with Crippen LogP contribution < -0.4 is 4.74 Å². The Morgan fingerprint density at radius 2 is 1.77 bits per heavy atom. The van der Waals surface area contributed by atoms with Crippen molar-refractivity contribution in [1.29, 1.82) is 0 Å². The number of nitrogens with zero attached hydrogens (tertiary/aromatic N) is 7. The van der Waals surface area contributed by atoms with Crippen LogP contribution in [0.25, 0.3) is 22.3 Å². The monoisotopic (exact) mass is 581 g/mol. The van der Waals surface area contributed by atoms with Crippen LogP contribution in [0.15, 0.2) is 72.8 Å². The van der Waals surface area contributed by atoms with Crippen molar-refractivity contribution in [3.8, 4) is 17.1 Å². The standard InChI is InChI=1S/C31H25F2N7O3/c1-18-6-7-22(23(32)12-18)17-43-30-5-3-4-25(35-30)20-9-8-19(24(33)13-20)15-29-34-26-11-10-21(31(41)42)14-27(26)40(29)16-28-36-38-39(2)37-28/h3-14H,15-17H2,1-2H3,(H,41,42). The lowest BCUT2D eigenvalue weighted by Gasteiger charge is -2.10. The van der Waals surface area contributed by atoms with E-state index in [4.69, 9.17) is 4.74 Å². The highest BCUT2D eigenvalue weighted by Crippen LogP contribution is 2.26. The zero-order valence-corrected chi connectivity index (χ0v) is 23.2. The molecule has 3 heterocycles. The lowest BCUT2D eigenvalue weighted by atomic mass is 10.1. The Morgan fingerprint density at radius 1 is 0.953 bits per heavy atom. The second kappa shape index (κ2) is 11.4. The van der Waals surface area contributed by atoms with Gasteiger partial charge in [-0.15, -0.1) is 10.2 Å². The molecule has 0 fully saturated rings. The highest BCUT2D eigenvalue weighted by Gasteiger charge is 2.18. The summed E-state index contributed by atoms with van der Waals surface area (Å²) >= 11 is 0. The van der Waals surface area contributed by atoms with Crippen LogP contribution in [0.5, 0.6) is 5.88 Å². The van der Waals surface area contributed by atoms with Crippen LogP contribution in [0.3, 0.4) is 0 Å². The van der Waals surface area contributed by atoms with Crippen molar-refractivity contribution < 1.29 is 23.4 Å². The summed E-state index contributed by atoms with van der Waals surface area (Å²) in [6.07, 6.45) is 0.127. The Kier molecular flexibility index (Phi) is 7.33. The predicted octanol–water partition coefficient (Wildman–Crippen LogP) is 5.12. The van der Waals surface area contributed by atoms with Gasteiger partial charge in [0.1, 0.15) is 24.1 Å². The number of aryl methyl sites for hydroxylation is 2. The van der Waals surface area contributed by atoms with Gasteiger partial charge in [0, 0.05) is 23.6 Å². The van der Waals surface area contributed by atoms with E-state index in [2.05, 4.69) is 25.4 Å². The molecule has 43 heavy (non-hydrogen) atoms. The van der Waals surface area contributed by atoms with Crippen molar-refractivity contribution in [2.24, 2.45) is 7.05 Å². The molecular weight excluding hydrogens is 556 g/mol. The Labute approximate surface area is 244 Å². The molecule has 0 bridgehead atoms. The van der Waals surface area contributed by atoms with Crippen molar-refractivity contribution >= 4 is 17.0 Å². The number of halogens is 2. The Morgan fingerprint density at radius 3 is 2.51 bits per heavy atom. The molecule has 0 aliphatic heterocycles. The maximum Gasteiger partial charge on any atom is 0.335 e. The van der Waals surface area contributed by atoms with Crippen LogP contribution in [-0.4, -0.2) is 45.8 Å². The third-order valence-corrected chi connectivity index (χ3v) is 6.93. The fourth-order valence-electron chi connectivity index (χ4n) is 4.74. The van der Waals surface area contributed by atoms with Crippen LogP contribution in [-0.2, 0) is 26.6 Å². The zero-order chi connectivity index (χ0) is 30.1. The third-order valence-electron chi connectivity index (χ3n) is 6.93. The summed E-state index contributed by atoms with van der Waals surface area (Å²) in [5, 5.41) is 21.6. The predicted molar refractivity (Wildman–Crippen MR) is 152 cm³/mol. The summed E-state index contributed by atoms with van der Waals surface area (Å²) in [6, 6.07) is 19.5. The number of hydrogen-bond donors (Lipinski definition) is 1. The smallest absolute Gasteiger partial charge is 0.335 e. The van der Waals surface area contributed by atoms with Gasteiger partial charge < -0.3 is 14.4 Å². The molecule has 12 heteroatoms. The molecule has 0 aliphatic rings. The summed E-state index contributed by atoms with van der Waals surface area (Å²) in [4.78, 5) is 22.1.